The molecule has 2 aromatic carbocycles. The number of para-hydroxylation sites is 2. The van der Waals surface area contributed by atoms with Crippen LogP contribution in [0.25, 0.3) is 0 Å². The first-order valence-corrected chi connectivity index (χ1v) is 7.24. The lowest BCUT2D eigenvalue weighted by Gasteiger charge is -2.30. The molecule has 2 heteroatoms. The van der Waals surface area contributed by atoms with Crippen molar-refractivity contribution in [1.29, 1.82) is 0 Å². The van der Waals surface area contributed by atoms with Crippen LogP contribution >= 0.6 is 0 Å². The maximum atomic E-state index is 6.17. The molecule has 0 aromatic heterocycles. The average molecular weight is 276 g/mol. The largest absolute Gasteiger partial charge is 0.322 e. The second kappa shape index (κ2) is 5.58. The van der Waals surface area contributed by atoms with Gasteiger partial charge >= 0.3 is 0 Å². The first kappa shape index (κ1) is 13.7. The SMILES string of the molecule is CC1(N)C=CC(N(c2ccccc2)c2ccccc2)=CC1. The molecule has 21 heavy (non-hydrogen) atoms. The first-order valence-electron chi connectivity index (χ1n) is 7.24. The Morgan fingerprint density at radius 2 is 1.43 bits per heavy atom. The van der Waals surface area contributed by atoms with Gasteiger partial charge in [0.2, 0.25) is 0 Å². The number of allylic oxidation sites excluding steroid dienone is 1. The summed E-state index contributed by atoms with van der Waals surface area (Å²) >= 11 is 0. The van der Waals surface area contributed by atoms with Gasteiger partial charge in [-0.05, 0) is 43.7 Å². The lowest BCUT2D eigenvalue weighted by Crippen LogP contribution is -2.35. The van der Waals surface area contributed by atoms with Gasteiger partial charge in [-0.3, -0.25) is 0 Å². The van der Waals surface area contributed by atoms with Gasteiger partial charge in [0.25, 0.3) is 0 Å². The second-order valence-corrected chi connectivity index (χ2v) is 5.68. The molecule has 0 radical (unpaired) electrons. The summed E-state index contributed by atoms with van der Waals surface area (Å²) in [5, 5.41) is 0. The molecule has 0 amide bonds. The molecule has 2 aromatic rings. The normalized spacial score (nSPS) is 21.0. The molecule has 0 heterocycles. The van der Waals surface area contributed by atoms with Crippen LogP contribution in [0.4, 0.5) is 11.4 Å². The summed E-state index contributed by atoms with van der Waals surface area (Å²) in [6.45, 7) is 2.05. The van der Waals surface area contributed by atoms with Gasteiger partial charge in [-0.1, -0.05) is 48.6 Å². The van der Waals surface area contributed by atoms with E-state index in [1.165, 1.54) is 0 Å². The van der Waals surface area contributed by atoms with Crippen molar-refractivity contribution in [2.24, 2.45) is 5.73 Å². The van der Waals surface area contributed by atoms with Gasteiger partial charge in [0.15, 0.2) is 0 Å². The lowest BCUT2D eigenvalue weighted by molar-refractivity contribution is 0.585. The molecule has 2 N–H and O–H groups in total. The third-order valence-electron chi connectivity index (χ3n) is 3.67. The highest BCUT2D eigenvalue weighted by Gasteiger charge is 2.20. The van der Waals surface area contributed by atoms with Gasteiger partial charge in [0, 0.05) is 22.6 Å². The average Bonchev–Trinajstić information content (AvgIpc) is 2.51. The van der Waals surface area contributed by atoms with Crippen LogP contribution in [0.3, 0.4) is 0 Å². The molecule has 3 rings (SSSR count). The van der Waals surface area contributed by atoms with Crippen molar-refractivity contribution in [3.05, 3.63) is 84.6 Å². The number of nitrogens with two attached hydrogens (primary N) is 1. The zero-order chi connectivity index (χ0) is 14.7. The van der Waals surface area contributed by atoms with E-state index < -0.39 is 0 Å². The third-order valence-corrected chi connectivity index (χ3v) is 3.67. The fourth-order valence-electron chi connectivity index (χ4n) is 2.50. The topological polar surface area (TPSA) is 29.3 Å². The molecule has 0 aliphatic heterocycles. The quantitative estimate of drug-likeness (QED) is 0.901. The Kier molecular flexibility index (Phi) is 3.63. The van der Waals surface area contributed by atoms with Crippen LogP contribution in [-0.4, -0.2) is 5.54 Å². The van der Waals surface area contributed by atoms with Gasteiger partial charge in [-0.15, -0.1) is 0 Å². The van der Waals surface area contributed by atoms with Gasteiger partial charge in [0.1, 0.15) is 0 Å². The molecule has 0 fully saturated rings. The molecule has 1 aliphatic carbocycles. The first-order chi connectivity index (χ1) is 10.2. The molecular formula is C19H20N2. The van der Waals surface area contributed by atoms with E-state index in [4.69, 9.17) is 5.73 Å². The molecule has 1 aliphatic rings. The summed E-state index contributed by atoms with van der Waals surface area (Å²) in [5.41, 5.74) is 9.39. The zero-order valence-electron chi connectivity index (χ0n) is 12.2. The minimum absolute atomic E-state index is 0.247. The van der Waals surface area contributed by atoms with Crippen molar-refractivity contribution in [2.75, 3.05) is 4.90 Å². The van der Waals surface area contributed by atoms with E-state index in [9.17, 15) is 0 Å². The van der Waals surface area contributed by atoms with Crippen molar-refractivity contribution >= 4 is 11.4 Å². The van der Waals surface area contributed by atoms with Crippen LogP contribution < -0.4 is 10.6 Å². The van der Waals surface area contributed by atoms with E-state index >= 15 is 0 Å². The Bertz CT molecular complexity index is 615. The molecule has 1 unspecified atom stereocenters. The molecule has 0 spiro atoms. The van der Waals surface area contributed by atoms with Gasteiger partial charge in [-0.2, -0.15) is 0 Å². The van der Waals surface area contributed by atoms with E-state index in [2.05, 4.69) is 71.7 Å². The molecule has 0 saturated carbocycles. The van der Waals surface area contributed by atoms with Crippen LogP contribution in [-0.2, 0) is 0 Å². The van der Waals surface area contributed by atoms with Gasteiger partial charge in [0.05, 0.1) is 0 Å². The van der Waals surface area contributed by atoms with Crippen molar-refractivity contribution < 1.29 is 0 Å². The van der Waals surface area contributed by atoms with Gasteiger partial charge < -0.3 is 10.6 Å². The fraction of sp³-hybridized carbons (Fsp3) is 0.158. The van der Waals surface area contributed by atoms with Crippen LogP contribution in [0.1, 0.15) is 13.3 Å². The number of nitrogens with zero attached hydrogens (tertiary/aromatic N) is 1. The van der Waals surface area contributed by atoms with Crippen LogP contribution in [0.15, 0.2) is 84.6 Å². The van der Waals surface area contributed by atoms with Crippen LogP contribution in [0.2, 0.25) is 0 Å². The predicted octanol–water partition coefficient (Wildman–Crippen LogP) is 4.39. The molecule has 0 bridgehead atoms. The Labute approximate surface area is 126 Å². The number of hydrogen-bond acceptors (Lipinski definition) is 2. The van der Waals surface area contributed by atoms with Crippen LogP contribution in [0, 0.1) is 0 Å². The van der Waals surface area contributed by atoms with Crippen molar-refractivity contribution in [1.82, 2.24) is 0 Å². The molecule has 0 saturated heterocycles. The van der Waals surface area contributed by atoms with Crippen molar-refractivity contribution in [2.45, 2.75) is 18.9 Å². The molecule has 1 atom stereocenters. The lowest BCUT2D eigenvalue weighted by atomic mass is 9.93. The summed E-state index contributed by atoms with van der Waals surface area (Å²) in [4.78, 5) is 2.26. The Hall–Kier alpha value is -2.32. The van der Waals surface area contributed by atoms with Crippen molar-refractivity contribution in [3.63, 3.8) is 0 Å². The zero-order valence-corrected chi connectivity index (χ0v) is 12.2. The number of anilines is 2. The fourth-order valence-corrected chi connectivity index (χ4v) is 2.50. The van der Waals surface area contributed by atoms with E-state index in [0.29, 0.717) is 0 Å². The minimum atomic E-state index is -0.247. The summed E-state index contributed by atoms with van der Waals surface area (Å²) in [6.07, 6.45) is 7.25. The van der Waals surface area contributed by atoms with Crippen LogP contribution in [0.5, 0.6) is 0 Å². The summed E-state index contributed by atoms with van der Waals surface area (Å²) in [7, 11) is 0. The van der Waals surface area contributed by atoms with E-state index in [1.807, 2.05) is 19.1 Å². The van der Waals surface area contributed by atoms with Gasteiger partial charge in [-0.25, -0.2) is 0 Å². The Morgan fingerprint density at radius 1 is 0.905 bits per heavy atom. The van der Waals surface area contributed by atoms with E-state index in [0.717, 1.165) is 23.5 Å². The highest BCUT2D eigenvalue weighted by atomic mass is 15.1. The molecule has 2 nitrogen and oxygen atoms in total. The van der Waals surface area contributed by atoms with Crippen molar-refractivity contribution in [3.8, 4) is 0 Å². The number of hydrogen-bond donors (Lipinski definition) is 1. The maximum absolute atomic E-state index is 6.17. The predicted molar refractivity (Wildman–Crippen MR) is 89.5 cm³/mol. The standard InChI is InChI=1S/C19H20N2/c1-19(20)14-12-18(13-15-19)21(16-8-4-2-5-9-16)17-10-6-3-7-11-17/h2-14H,15,20H2,1H3. The summed E-state index contributed by atoms with van der Waals surface area (Å²) in [6, 6.07) is 20.8. The maximum Gasteiger partial charge on any atom is 0.0461 e. The van der Waals surface area contributed by atoms with E-state index in [-0.39, 0.29) is 5.54 Å². The minimum Gasteiger partial charge on any atom is -0.322 e. The summed E-state index contributed by atoms with van der Waals surface area (Å²) < 4.78 is 0. The highest BCUT2D eigenvalue weighted by molar-refractivity contribution is 5.70. The number of benzene rings is 2. The highest BCUT2D eigenvalue weighted by Crippen LogP contribution is 2.32. The smallest absolute Gasteiger partial charge is 0.0461 e. The second-order valence-electron chi connectivity index (χ2n) is 5.68. The molecular weight excluding hydrogens is 256 g/mol. The molecule has 106 valence electrons. The summed E-state index contributed by atoms with van der Waals surface area (Å²) in [5.74, 6) is 0. The Balaban J connectivity index is 2.03. The Morgan fingerprint density at radius 3 is 1.86 bits per heavy atom. The monoisotopic (exact) mass is 276 g/mol. The van der Waals surface area contributed by atoms with E-state index in [1.54, 1.807) is 0 Å². The number of rotatable bonds is 3. The third kappa shape index (κ3) is 3.06.